The molecule has 0 amide bonds. The molecule has 2 aliphatic heterocycles. The predicted octanol–water partition coefficient (Wildman–Crippen LogP) is 2.02. The molecule has 0 atom stereocenters. The fourth-order valence-corrected chi connectivity index (χ4v) is 5.27. The minimum absolute atomic E-state index is 0.240. The Kier molecular flexibility index (Phi) is 5.07. The highest BCUT2D eigenvalue weighted by Gasteiger charge is 2.31. The number of aromatic nitrogens is 2. The largest absolute Gasteiger partial charge is 0.378 e. The van der Waals surface area contributed by atoms with Crippen LogP contribution in [0.3, 0.4) is 0 Å². The van der Waals surface area contributed by atoms with E-state index in [1.165, 1.54) is 10.4 Å². The van der Waals surface area contributed by atoms with Gasteiger partial charge in [-0.3, -0.25) is 0 Å². The van der Waals surface area contributed by atoms with Gasteiger partial charge in [-0.2, -0.15) is 4.31 Å². The summed E-state index contributed by atoms with van der Waals surface area (Å²) < 4.78 is 33.2. The first-order valence-corrected chi connectivity index (χ1v) is 10.7. The van der Waals surface area contributed by atoms with Gasteiger partial charge in [0.15, 0.2) is 0 Å². The second-order valence-electron chi connectivity index (χ2n) is 6.74. The Morgan fingerprint density at radius 2 is 1.96 bits per heavy atom. The lowest BCUT2D eigenvalue weighted by Gasteiger charge is -2.30. The van der Waals surface area contributed by atoms with E-state index in [1.54, 1.807) is 19.1 Å². The number of nitrogens with zero attached hydrogens (tertiary/aromatic N) is 4. The van der Waals surface area contributed by atoms with Crippen molar-refractivity contribution in [1.29, 1.82) is 0 Å². The second kappa shape index (κ2) is 7.35. The number of fused-ring (bicyclic) bond motifs is 1. The van der Waals surface area contributed by atoms with E-state index in [1.807, 2.05) is 6.20 Å². The molecule has 4 rings (SSSR count). The molecule has 9 heteroatoms. The van der Waals surface area contributed by atoms with E-state index in [0.717, 1.165) is 24.3 Å². The summed E-state index contributed by atoms with van der Waals surface area (Å²) in [5, 5.41) is 0.411. The number of hydrogen-bond acceptors (Lipinski definition) is 6. The fourth-order valence-electron chi connectivity index (χ4n) is 3.38. The minimum Gasteiger partial charge on any atom is -0.378 e. The van der Waals surface area contributed by atoms with Gasteiger partial charge in [0, 0.05) is 30.9 Å². The summed E-state index contributed by atoms with van der Waals surface area (Å²) in [5.74, 6) is 0.634. The quantitative estimate of drug-likeness (QED) is 0.773. The normalized spacial score (nSPS) is 18.4. The number of hydrogen-bond donors (Lipinski definition) is 0. The Morgan fingerprint density at radius 3 is 2.74 bits per heavy atom. The number of morpholine rings is 1. The molecule has 2 aliphatic rings. The van der Waals surface area contributed by atoms with Crippen molar-refractivity contribution in [3.63, 3.8) is 0 Å². The van der Waals surface area contributed by atoms with Gasteiger partial charge >= 0.3 is 0 Å². The van der Waals surface area contributed by atoms with Gasteiger partial charge < -0.3 is 9.64 Å². The monoisotopic (exact) mass is 408 g/mol. The van der Waals surface area contributed by atoms with Crippen LogP contribution in [0.2, 0.25) is 5.02 Å². The third-order valence-corrected chi connectivity index (χ3v) is 7.18. The van der Waals surface area contributed by atoms with Gasteiger partial charge in [-0.25, -0.2) is 18.4 Å². The molecule has 0 bridgehead atoms. The molecule has 0 aliphatic carbocycles. The molecule has 27 heavy (non-hydrogen) atoms. The number of halogens is 1. The van der Waals surface area contributed by atoms with Crippen LogP contribution < -0.4 is 4.90 Å². The van der Waals surface area contributed by atoms with Crippen molar-refractivity contribution in [2.45, 2.75) is 24.8 Å². The van der Waals surface area contributed by atoms with Crippen molar-refractivity contribution in [2.75, 3.05) is 37.7 Å². The molecule has 3 heterocycles. The summed E-state index contributed by atoms with van der Waals surface area (Å²) >= 11 is 6.03. The predicted molar refractivity (Wildman–Crippen MR) is 103 cm³/mol. The fraction of sp³-hybridized carbons (Fsp3) is 0.444. The average molecular weight is 409 g/mol. The Morgan fingerprint density at radius 1 is 1.19 bits per heavy atom. The lowest BCUT2D eigenvalue weighted by Crippen LogP contribution is -2.39. The Labute approximate surface area is 164 Å². The lowest BCUT2D eigenvalue weighted by molar-refractivity contribution is 0.122. The van der Waals surface area contributed by atoms with Crippen LogP contribution in [0.5, 0.6) is 0 Å². The van der Waals surface area contributed by atoms with Crippen LogP contribution in [0.15, 0.2) is 29.3 Å². The zero-order valence-electron chi connectivity index (χ0n) is 15.1. The van der Waals surface area contributed by atoms with Gasteiger partial charge in [-0.05, 0) is 36.6 Å². The first-order valence-electron chi connectivity index (χ1n) is 8.89. The van der Waals surface area contributed by atoms with E-state index in [-0.39, 0.29) is 11.4 Å². The van der Waals surface area contributed by atoms with Crippen LogP contribution in [0.4, 0.5) is 5.95 Å². The molecule has 1 fully saturated rings. The smallest absolute Gasteiger partial charge is 0.243 e. The summed E-state index contributed by atoms with van der Waals surface area (Å²) in [6, 6.07) is 4.94. The maximum atomic E-state index is 13.2. The third-order valence-electron chi connectivity index (χ3n) is 4.96. The van der Waals surface area contributed by atoms with Crippen molar-refractivity contribution in [2.24, 2.45) is 0 Å². The summed E-state index contributed by atoms with van der Waals surface area (Å²) in [7, 11) is -3.64. The molecular formula is C18H21ClN4O3S. The Hall–Kier alpha value is -1.74. The van der Waals surface area contributed by atoms with Gasteiger partial charge in [0.2, 0.25) is 16.0 Å². The highest BCUT2D eigenvalue weighted by molar-refractivity contribution is 7.89. The summed E-state index contributed by atoms with van der Waals surface area (Å²) in [6.07, 6.45) is 2.42. The van der Waals surface area contributed by atoms with Crippen LogP contribution in [-0.4, -0.2) is 55.5 Å². The molecule has 1 aromatic heterocycles. The minimum atomic E-state index is -3.64. The highest BCUT2D eigenvalue weighted by Crippen LogP contribution is 2.28. The zero-order chi connectivity index (χ0) is 19.0. The molecule has 7 nitrogen and oxygen atoms in total. The van der Waals surface area contributed by atoms with Gasteiger partial charge in [0.1, 0.15) is 0 Å². The maximum absolute atomic E-state index is 13.2. The van der Waals surface area contributed by atoms with Crippen LogP contribution in [-0.2, 0) is 27.7 Å². The zero-order valence-corrected chi connectivity index (χ0v) is 16.6. The van der Waals surface area contributed by atoms with E-state index >= 15 is 0 Å². The van der Waals surface area contributed by atoms with Crippen molar-refractivity contribution < 1.29 is 13.2 Å². The Bertz CT molecular complexity index is 961. The summed E-state index contributed by atoms with van der Waals surface area (Å²) in [5.41, 5.74) is 2.45. The van der Waals surface area contributed by atoms with Crippen molar-refractivity contribution in [3.05, 3.63) is 46.2 Å². The van der Waals surface area contributed by atoms with Gasteiger partial charge in [-0.1, -0.05) is 17.7 Å². The van der Waals surface area contributed by atoms with Crippen molar-refractivity contribution in [3.8, 4) is 0 Å². The van der Waals surface area contributed by atoms with E-state index in [2.05, 4.69) is 14.9 Å². The first kappa shape index (κ1) is 18.6. The molecule has 144 valence electrons. The number of anilines is 1. The second-order valence-corrected chi connectivity index (χ2v) is 9.08. The number of aryl methyl sites for hydroxylation is 1. The van der Waals surface area contributed by atoms with E-state index in [0.29, 0.717) is 42.7 Å². The number of rotatable bonds is 3. The van der Waals surface area contributed by atoms with Crippen LogP contribution >= 0.6 is 11.6 Å². The third kappa shape index (κ3) is 3.67. The van der Waals surface area contributed by atoms with Crippen LogP contribution in [0, 0.1) is 6.92 Å². The molecule has 2 aromatic rings. The van der Waals surface area contributed by atoms with Crippen LogP contribution in [0.25, 0.3) is 0 Å². The standard InChI is InChI=1S/C18H21ClN4O3S/c1-13-2-3-15(19)10-17(13)27(24,25)23-5-4-14-11-20-18(21-16(14)12-23)22-6-8-26-9-7-22/h2-3,10-11H,4-9,12H2,1H3. The molecule has 0 spiro atoms. The lowest BCUT2D eigenvalue weighted by atomic mass is 10.1. The first-order chi connectivity index (χ1) is 12.9. The van der Waals surface area contributed by atoms with Gasteiger partial charge in [0.25, 0.3) is 0 Å². The van der Waals surface area contributed by atoms with Crippen molar-refractivity contribution in [1.82, 2.24) is 14.3 Å². The topological polar surface area (TPSA) is 75.6 Å². The van der Waals surface area contributed by atoms with Crippen LogP contribution in [0.1, 0.15) is 16.8 Å². The summed E-state index contributed by atoms with van der Waals surface area (Å²) in [4.78, 5) is 11.4. The van der Waals surface area contributed by atoms with Crippen molar-refractivity contribution >= 4 is 27.6 Å². The Balaban J connectivity index is 1.62. The molecule has 0 saturated carbocycles. The SMILES string of the molecule is Cc1ccc(Cl)cc1S(=O)(=O)N1CCc2cnc(N3CCOCC3)nc2C1. The van der Waals surface area contributed by atoms with E-state index < -0.39 is 10.0 Å². The van der Waals surface area contributed by atoms with Gasteiger partial charge in [-0.15, -0.1) is 0 Å². The molecule has 0 unspecified atom stereocenters. The molecular weight excluding hydrogens is 388 g/mol. The highest BCUT2D eigenvalue weighted by atomic mass is 35.5. The maximum Gasteiger partial charge on any atom is 0.243 e. The van der Waals surface area contributed by atoms with E-state index in [4.69, 9.17) is 16.3 Å². The molecule has 1 aromatic carbocycles. The number of benzene rings is 1. The summed E-state index contributed by atoms with van der Waals surface area (Å²) in [6.45, 7) is 5.19. The number of sulfonamides is 1. The van der Waals surface area contributed by atoms with Gasteiger partial charge in [0.05, 0.1) is 30.3 Å². The average Bonchev–Trinajstić information content (AvgIpc) is 2.69. The molecule has 1 saturated heterocycles. The molecule has 0 N–H and O–H groups in total. The van der Waals surface area contributed by atoms with E-state index in [9.17, 15) is 8.42 Å². The number of ether oxygens (including phenoxy) is 1. The molecule has 0 radical (unpaired) electrons.